The molecule has 0 bridgehead atoms. The zero-order chi connectivity index (χ0) is 14.0. The summed E-state index contributed by atoms with van der Waals surface area (Å²) in [7, 11) is 6.00. The van der Waals surface area contributed by atoms with Crippen LogP contribution in [0.5, 0.6) is 5.75 Å². The monoisotopic (exact) mass is 335 g/mol. The first-order valence-corrected chi connectivity index (χ1v) is 8.25. The van der Waals surface area contributed by atoms with Gasteiger partial charge < -0.3 is 9.64 Å². The first-order chi connectivity index (χ1) is 9.02. The average molecular weight is 336 g/mol. The smallest absolute Gasteiger partial charge is 0.263 e. The number of hydrogen-bond donors (Lipinski definition) is 0. The molecule has 0 spiro atoms. The van der Waals surface area contributed by atoms with Gasteiger partial charge in [0.2, 0.25) is 0 Å². The first-order valence-electron chi connectivity index (χ1n) is 5.35. The third kappa shape index (κ3) is 3.23. The fourth-order valence-electron chi connectivity index (χ4n) is 1.62. The van der Waals surface area contributed by atoms with Crippen LogP contribution in [0.2, 0.25) is 10.0 Å². The number of rotatable bonds is 4. The lowest BCUT2D eigenvalue weighted by molar-refractivity contribution is 0.415. The standard InChI is InChI=1S/C12H11Cl2NO2S2/c1-15(11-10(14)12(16)19-18-11)6-7-3-4-9(17-2)8(13)5-7/h3-5H,6H2,1-2H3. The van der Waals surface area contributed by atoms with Gasteiger partial charge in [0.05, 0.1) is 12.1 Å². The summed E-state index contributed by atoms with van der Waals surface area (Å²) in [5.74, 6) is 0.645. The molecule has 2 aromatic rings. The molecule has 0 unspecified atom stereocenters. The average Bonchev–Trinajstić information content (AvgIpc) is 2.70. The van der Waals surface area contributed by atoms with E-state index >= 15 is 0 Å². The maximum atomic E-state index is 11.4. The second kappa shape index (κ2) is 6.13. The Labute approximate surface area is 128 Å². The van der Waals surface area contributed by atoms with Crippen molar-refractivity contribution in [2.75, 3.05) is 19.1 Å². The van der Waals surface area contributed by atoms with Crippen molar-refractivity contribution in [1.29, 1.82) is 0 Å². The number of methoxy groups -OCH3 is 1. The third-order valence-electron chi connectivity index (χ3n) is 2.55. The van der Waals surface area contributed by atoms with Gasteiger partial charge >= 0.3 is 0 Å². The maximum absolute atomic E-state index is 11.4. The van der Waals surface area contributed by atoms with Gasteiger partial charge in [0.25, 0.3) is 4.74 Å². The number of benzene rings is 1. The normalized spacial score (nSPS) is 10.5. The van der Waals surface area contributed by atoms with Gasteiger partial charge in [-0.05, 0) is 28.0 Å². The molecule has 7 heteroatoms. The fraction of sp³-hybridized carbons (Fsp3) is 0.250. The molecule has 19 heavy (non-hydrogen) atoms. The predicted octanol–water partition coefficient (Wildman–Crippen LogP) is 4.12. The number of halogens is 2. The van der Waals surface area contributed by atoms with Crippen LogP contribution in [-0.4, -0.2) is 14.2 Å². The van der Waals surface area contributed by atoms with E-state index in [1.54, 1.807) is 7.11 Å². The number of anilines is 1. The van der Waals surface area contributed by atoms with E-state index in [0.717, 1.165) is 20.9 Å². The molecule has 0 saturated heterocycles. The molecule has 2 rings (SSSR count). The molecule has 0 N–H and O–H groups in total. The Morgan fingerprint density at radius 3 is 2.58 bits per heavy atom. The zero-order valence-corrected chi connectivity index (χ0v) is 13.4. The van der Waals surface area contributed by atoms with E-state index in [9.17, 15) is 4.79 Å². The van der Waals surface area contributed by atoms with Crippen molar-refractivity contribution in [2.45, 2.75) is 6.54 Å². The van der Waals surface area contributed by atoms with Crippen LogP contribution in [0, 0.1) is 0 Å². The van der Waals surface area contributed by atoms with E-state index in [0.29, 0.717) is 17.3 Å². The Kier molecular flexibility index (Phi) is 4.73. The third-order valence-corrected chi connectivity index (χ3v) is 5.71. The first kappa shape index (κ1) is 14.7. The minimum absolute atomic E-state index is 0.0960. The highest BCUT2D eigenvalue weighted by atomic mass is 35.5. The minimum Gasteiger partial charge on any atom is -0.495 e. The molecule has 0 saturated carbocycles. The van der Waals surface area contributed by atoms with Gasteiger partial charge in [0, 0.05) is 13.6 Å². The molecule has 0 fully saturated rings. The summed E-state index contributed by atoms with van der Waals surface area (Å²) in [6.45, 7) is 0.621. The van der Waals surface area contributed by atoms with E-state index in [1.807, 2.05) is 30.1 Å². The Morgan fingerprint density at radius 2 is 2.05 bits per heavy atom. The van der Waals surface area contributed by atoms with E-state index in [4.69, 9.17) is 27.9 Å². The summed E-state index contributed by atoms with van der Waals surface area (Å²) in [4.78, 5) is 13.3. The Balaban J connectivity index is 2.19. The van der Waals surface area contributed by atoms with Crippen LogP contribution in [0.4, 0.5) is 5.00 Å². The Bertz CT molecular complexity index is 639. The predicted molar refractivity (Wildman–Crippen MR) is 83.6 cm³/mol. The summed E-state index contributed by atoms with van der Waals surface area (Å²) < 4.78 is 5.01. The lowest BCUT2D eigenvalue weighted by Crippen LogP contribution is -2.16. The number of hydrogen-bond acceptors (Lipinski definition) is 5. The van der Waals surface area contributed by atoms with Crippen LogP contribution >= 0.6 is 43.9 Å². The van der Waals surface area contributed by atoms with Crippen molar-refractivity contribution in [1.82, 2.24) is 0 Å². The van der Waals surface area contributed by atoms with Gasteiger partial charge in [0.15, 0.2) is 0 Å². The van der Waals surface area contributed by atoms with Crippen molar-refractivity contribution in [3.05, 3.63) is 43.3 Å². The van der Waals surface area contributed by atoms with Crippen LogP contribution in [-0.2, 0) is 6.54 Å². The molecular formula is C12H11Cl2NO2S2. The summed E-state index contributed by atoms with van der Waals surface area (Å²) in [6, 6.07) is 5.60. The summed E-state index contributed by atoms with van der Waals surface area (Å²) >= 11 is 12.0. The van der Waals surface area contributed by atoms with Gasteiger partial charge in [0.1, 0.15) is 15.8 Å². The van der Waals surface area contributed by atoms with Crippen molar-refractivity contribution in [2.24, 2.45) is 0 Å². The highest BCUT2D eigenvalue weighted by molar-refractivity contribution is 7.70. The quantitative estimate of drug-likeness (QED) is 0.787. The topological polar surface area (TPSA) is 29.5 Å². The van der Waals surface area contributed by atoms with Crippen LogP contribution in [0.15, 0.2) is 23.0 Å². The molecule has 0 atom stereocenters. The highest BCUT2D eigenvalue weighted by Crippen LogP contribution is 2.32. The summed E-state index contributed by atoms with van der Waals surface area (Å²) in [5.41, 5.74) is 1.02. The van der Waals surface area contributed by atoms with Gasteiger partial charge in [-0.2, -0.15) is 0 Å². The van der Waals surface area contributed by atoms with Crippen molar-refractivity contribution >= 4 is 48.9 Å². The van der Waals surface area contributed by atoms with E-state index in [2.05, 4.69) is 0 Å². The highest BCUT2D eigenvalue weighted by Gasteiger charge is 2.13. The van der Waals surface area contributed by atoms with Gasteiger partial charge in [-0.1, -0.05) is 39.6 Å². The van der Waals surface area contributed by atoms with E-state index < -0.39 is 0 Å². The zero-order valence-electron chi connectivity index (χ0n) is 10.3. The van der Waals surface area contributed by atoms with Crippen molar-refractivity contribution in [3.63, 3.8) is 0 Å². The second-order valence-electron chi connectivity index (χ2n) is 3.90. The number of nitrogens with zero attached hydrogens (tertiary/aromatic N) is 1. The van der Waals surface area contributed by atoms with E-state index in [1.165, 1.54) is 10.3 Å². The molecule has 102 valence electrons. The molecule has 3 nitrogen and oxygen atoms in total. The van der Waals surface area contributed by atoms with Gasteiger partial charge in [-0.3, -0.25) is 4.79 Å². The van der Waals surface area contributed by atoms with E-state index in [-0.39, 0.29) is 9.77 Å². The Morgan fingerprint density at radius 1 is 1.32 bits per heavy atom. The Hall–Kier alpha value is -0.750. The lowest BCUT2D eigenvalue weighted by atomic mass is 10.2. The molecule has 1 aromatic carbocycles. The van der Waals surface area contributed by atoms with Gasteiger partial charge in [-0.15, -0.1) is 0 Å². The van der Waals surface area contributed by atoms with Crippen LogP contribution in [0.25, 0.3) is 0 Å². The number of ether oxygens (including phenoxy) is 1. The summed E-state index contributed by atoms with van der Waals surface area (Å²) in [5, 5.41) is 1.64. The van der Waals surface area contributed by atoms with Crippen LogP contribution < -0.4 is 14.4 Å². The minimum atomic E-state index is -0.0960. The molecule has 0 radical (unpaired) electrons. The lowest BCUT2D eigenvalue weighted by Gasteiger charge is -2.17. The van der Waals surface area contributed by atoms with Gasteiger partial charge in [-0.25, -0.2) is 0 Å². The molecular weight excluding hydrogens is 325 g/mol. The molecule has 1 aromatic heterocycles. The van der Waals surface area contributed by atoms with Crippen LogP contribution in [0.1, 0.15) is 5.56 Å². The molecule has 0 aliphatic carbocycles. The van der Waals surface area contributed by atoms with Crippen LogP contribution in [0.3, 0.4) is 0 Å². The van der Waals surface area contributed by atoms with Crippen molar-refractivity contribution < 1.29 is 4.74 Å². The summed E-state index contributed by atoms with van der Waals surface area (Å²) in [6.07, 6.45) is 0. The molecule has 0 amide bonds. The van der Waals surface area contributed by atoms with Crippen molar-refractivity contribution in [3.8, 4) is 5.75 Å². The second-order valence-corrected chi connectivity index (χ2v) is 6.77. The fourth-order valence-corrected chi connectivity index (χ4v) is 4.65. The molecule has 0 aliphatic rings. The maximum Gasteiger partial charge on any atom is 0.263 e. The SMILES string of the molecule is COc1ccc(CN(C)c2ssc(=O)c2Cl)cc1Cl. The molecule has 1 heterocycles. The largest absolute Gasteiger partial charge is 0.495 e. The molecule has 0 aliphatic heterocycles.